The van der Waals surface area contributed by atoms with Gasteiger partial charge in [0.2, 0.25) is 16.9 Å². The second-order valence-corrected chi connectivity index (χ2v) is 13.4. The topological polar surface area (TPSA) is 188 Å². The maximum absolute atomic E-state index is 14.0. The number of nitrogens with one attached hydrogen (secondary N) is 1. The van der Waals surface area contributed by atoms with Gasteiger partial charge in [-0.3, -0.25) is 14.5 Å². The summed E-state index contributed by atoms with van der Waals surface area (Å²) in [5.41, 5.74) is 6.82. The number of benzene rings is 2. The zero-order chi connectivity index (χ0) is 32.4. The fourth-order valence-electron chi connectivity index (χ4n) is 5.50. The molecule has 14 nitrogen and oxygen atoms in total. The molecule has 0 spiro atoms. The van der Waals surface area contributed by atoms with E-state index in [-0.39, 0.29) is 24.0 Å². The number of tetrazole rings is 1. The summed E-state index contributed by atoms with van der Waals surface area (Å²) in [6.45, 7) is 0. The van der Waals surface area contributed by atoms with Crippen LogP contribution in [0, 0.1) is 0 Å². The van der Waals surface area contributed by atoms with Crippen LogP contribution in [-0.2, 0) is 32.5 Å². The molecule has 238 valence electrons. The number of methoxy groups -OCH3 is 1. The first-order valence-corrected chi connectivity index (χ1v) is 16.7. The Balaban J connectivity index is 1.45. The summed E-state index contributed by atoms with van der Waals surface area (Å²) in [6.07, 6.45) is -1.73. The summed E-state index contributed by atoms with van der Waals surface area (Å²) in [4.78, 5) is 44.7. The van der Waals surface area contributed by atoms with Gasteiger partial charge in [-0.15, -0.1) is 28.2 Å². The van der Waals surface area contributed by atoms with Gasteiger partial charge in [-0.25, -0.2) is 14.5 Å². The van der Waals surface area contributed by atoms with Crippen LogP contribution in [0.5, 0.6) is 0 Å². The van der Waals surface area contributed by atoms with E-state index >= 15 is 0 Å². The number of anilines is 1. The highest BCUT2D eigenvalue weighted by molar-refractivity contribution is 8.01. The van der Waals surface area contributed by atoms with Gasteiger partial charge in [-0.1, -0.05) is 72.4 Å². The zero-order valence-electron chi connectivity index (χ0n) is 24.5. The van der Waals surface area contributed by atoms with Gasteiger partial charge in [0.15, 0.2) is 5.13 Å². The van der Waals surface area contributed by atoms with Crippen LogP contribution in [0.2, 0.25) is 0 Å². The molecule has 3 atom stereocenters. The maximum Gasteiger partial charge on any atom is 0.512 e. The van der Waals surface area contributed by atoms with Gasteiger partial charge in [0.05, 0.1) is 12.1 Å². The average molecular weight is 681 g/mol. The molecule has 0 radical (unpaired) electrons. The van der Waals surface area contributed by atoms with Gasteiger partial charge in [-0.2, -0.15) is 0 Å². The molecule has 0 aliphatic carbocycles. The van der Waals surface area contributed by atoms with Crippen molar-refractivity contribution in [3.8, 4) is 0 Å². The molecule has 1 unspecified atom stereocenters. The van der Waals surface area contributed by atoms with Crippen LogP contribution in [0.4, 0.5) is 9.93 Å². The number of amides is 2. The summed E-state index contributed by atoms with van der Waals surface area (Å²) in [5, 5.41) is 25.4. The van der Waals surface area contributed by atoms with E-state index in [0.29, 0.717) is 21.6 Å². The number of rotatable bonds is 11. The summed E-state index contributed by atoms with van der Waals surface area (Å²) in [6, 6.07) is 19.5. The van der Waals surface area contributed by atoms with Crippen molar-refractivity contribution in [2.75, 3.05) is 18.6 Å². The molecule has 6 rings (SSSR count). The largest absolute Gasteiger partial charge is 0.512 e. The Labute approximate surface area is 275 Å². The molecule has 0 bridgehead atoms. The molecule has 2 amide bonds. The van der Waals surface area contributed by atoms with E-state index in [2.05, 4.69) is 25.8 Å². The SMILES string of the molecule is CO[C@]1(NC(=O)Cc2csc(N)n2)C(=O)N2C(OC(=O)O)=C(CSc3nnnn3C)C(C(c3ccccc3)c3ccccc3)S[C@H]21. The Morgan fingerprint density at radius 1 is 1.15 bits per heavy atom. The van der Waals surface area contributed by atoms with Crippen molar-refractivity contribution in [1.29, 1.82) is 0 Å². The fourth-order valence-corrected chi connectivity index (χ4v) is 8.94. The lowest BCUT2D eigenvalue weighted by Crippen LogP contribution is -2.81. The number of nitrogen functional groups attached to an aromatic ring is 1. The Morgan fingerprint density at radius 3 is 2.37 bits per heavy atom. The van der Waals surface area contributed by atoms with E-state index in [4.69, 9.17) is 15.2 Å². The number of nitrogens with two attached hydrogens (primary N) is 1. The van der Waals surface area contributed by atoms with E-state index in [1.165, 1.54) is 51.6 Å². The number of carbonyl (C=O) groups is 3. The van der Waals surface area contributed by atoms with Gasteiger partial charge in [0.1, 0.15) is 5.37 Å². The van der Waals surface area contributed by atoms with Crippen LogP contribution < -0.4 is 11.1 Å². The van der Waals surface area contributed by atoms with Gasteiger partial charge < -0.3 is 25.6 Å². The summed E-state index contributed by atoms with van der Waals surface area (Å²) >= 11 is 3.86. The van der Waals surface area contributed by atoms with Crippen molar-refractivity contribution in [3.63, 3.8) is 0 Å². The zero-order valence-corrected chi connectivity index (χ0v) is 26.9. The van der Waals surface area contributed by atoms with Crippen molar-refractivity contribution in [2.24, 2.45) is 7.05 Å². The third-order valence-corrected chi connectivity index (χ3v) is 11.0. The fraction of sp³-hybridized carbons (Fsp3) is 0.276. The number of hydrogen-bond acceptors (Lipinski definition) is 13. The lowest BCUT2D eigenvalue weighted by atomic mass is 9.85. The van der Waals surface area contributed by atoms with Crippen LogP contribution in [0.15, 0.2) is 82.7 Å². The molecule has 17 heteroatoms. The predicted octanol–water partition coefficient (Wildman–Crippen LogP) is 3.06. The van der Waals surface area contributed by atoms with E-state index in [1.807, 2.05) is 60.7 Å². The van der Waals surface area contributed by atoms with Gasteiger partial charge >= 0.3 is 6.16 Å². The Morgan fingerprint density at radius 2 is 1.83 bits per heavy atom. The summed E-state index contributed by atoms with van der Waals surface area (Å²) in [5.74, 6) is -1.46. The summed E-state index contributed by atoms with van der Waals surface area (Å²) in [7, 11) is 3.02. The van der Waals surface area contributed by atoms with Crippen LogP contribution in [-0.4, -0.2) is 82.4 Å². The first-order chi connectivity index (χ1) is 22.2. The number of fused-ring (bicyclic) bond motifs is 1. The normalized spacial score (nSPS) is 20.8. The van der Waals surface area contributed by atoms with Gasteiger partial charge in [0.25, 0.3) is 11.6 Å². The van der Waals surface area contributed by atoms with Gasteiger partial charge in [-0.05, 0) is 21.6 Å². The second kappa shape index (κ2) is 13.1. The molecule has 1 fully saturated rings. The maximum atomic E-state index is 14.0. The molecule has 2 aliphatic heterocycles. The van der Waals surface area contributed by atoms with Crippen LogP contribution in [0.1, 0.15) is 22.7 Å². The molecule has 2 aromatic heterocycles. The third kappa shape index (κ3) is 5.93. The predicted molar refractivity (Wildman–Crippen MR) is 171 cm³/mol. The molecule has 0 saturated carbocycles. The number of carbonyl (C=O) groups excluding carboxylic acids is 2. The minimum absolute atomic E-state index is 0.133. The third-order valence-electron chi connectivity index (χ3n) is 7.53. The minimum Gasteiger partial charge on any atom is -0.449 e. The van der Waals surface area contributed by atoms with Crippen molar-refractivity contribution < 1.29 is 29.0 Å². The number of aryl methyl sites for hydroxylation is 1. The summed E-state index contributed by atoms with van der Waals surface area (Å²) < 4.78 is 12.7. The molecular weight excluding hydrogens is 653 g/mol. The lowest BCUT2D eigenvalue weighted by Gasteiger charge is -2.57. The molecule has 2 aliphatic rings. The van der Waals surface area contributed by atoms with E-state index in [0.717, 1.165) is 11.1 Å². The Hall–Kier alpha value is -4.45. The smallest absolute Gasteiger partial charge is 0.449 e. The van der Waals surface area contributed by atoms with E-state index < -0.39 is 34.3 Å². The van der Waals surface area contributed by atoms with E-state index in [1.54, 1.807) is 12.4 Å². The number of nitrogens with zero attached hydrogens (tertiary/aromatic N) is 6. The molecule has 4 heterocycles. The highest BCUT2D eigenvalue weighted by atomic mass is 32.2. The number of thioether (sulfide) groups is 2. The Bertz CT molecular complexity index is 1750. The highest BCUT2D eigenvalue weighted by Crippen LogP contribution is 2.54. The Kier molecular flexibility index (Phi) is 8.99. The number of aromatic nitrogens is 5. The molecule has 1 saturated heterocycles. The molecule has 46 heavy (non-hydrogen) atoms. The number of carboxylic acid groups (broad SMARTS) is 1. The molecule has 4 N–H and O–H groups in total. The van der Waals surface area contributed by atoms with Crippen LogP contribution in [0.25, 0.3) is 0 Å². The lowest BCUT2D eigenvalue weighted by molar-refractivity contribution is -0.195. The quantitative estimate of drug-likeness (QED) is 0.0909. The van der Waals surface area contributed by atoms with E-state index in [9.17, 15) is 19.5 Å². The van der Waals surface area contributed by atoms with Crippen molar-refractivity contribution in [3.05, 3.63) is 94.3 Å². The highest BCUT2D eigenvalue weighted by Gasteiger charge is 2.68. The van der Waals surface area contributed by atoms with Gasteiger partial charge in [0, 0.05) is 42.0 Å². The van der Waals surface area contributed by atoms with Crippen molar-refractivity contribution >= 4 is 58.0 Å². The number of thiazole rings is 1. The standard InChI is InChI=1S/C29H28N8O6S3/c1-36-27(33-34-35-36)45-15-19-22(21(16-9-5-3-6-10-16)17-11-7-4-8-12-17)46-25-29(42-2,24(39)37(25)23(19)43-28(40)41)32-20(38)13-18-14-44-26(30)31-18/h3-12,14,21-22,25H,13,15H2,1-2H3,(H2,30,31)(H,32,38)(H,40,41)/t22?,25-,29+/m0/s1. The van der Waals surface area contributed by atoms with Crippen molar-refractivity contribution in [2.45, 2.75) is 33.8 Å². The van der Waals surface area contributed by atoms with Crippen molar-refractivity contribution in [1.82, 2.24) is 35.4 Å². The number of β-lactam (4-membered cyclic amide) rings is 1. The second-order valence-electron chi connectivity index (χ2n) is 10.3. The van der Waals surface area contributed by atoms with Crippen LogP contribution >= 0.6 is 34.9 Å². The first-order valence-electron chi connectivity index (χ1n) is 13.9. The number of ether oxygens (including phenoxy) is 2. The molecule has 2 aromatic carbocycles. The minimum atomic E-state index is -1.81. The average Bonchev–Trinajstić information content (AvgIpc) is 3.66. The molecule has 4 aromatic rings. The number of hydrogen-bond donors (Lipinski definition) is 3. The first kappa shape index (κ1) is 31.5. The monoisotopic (exact) mass is 680 g/mol. The molecular formula is C29H28N8O6S3. The van der Waals surface area contributed by atoms with Crippen LogP contribution in [0.3, 0.4) is 0 Å².